The average Bonchev–Trinajstić information content (AvgIpc) is 3.07. The number of amides is 2. The fourth-order valence-corrected chi connectivity index (χ4v) is 4.19. The highest BCUT2D eigenvalue weighted by Crippen LogP contribution is 2.24. The topological polar surface area (TPSA) is 84.4 Å². The number of hydrogen-bond acceptors (Lipinski definition) is 6. The predicted molar refractivity (Wildman–Crippen MR) is 111 cm³/mol. The lowest BCUT2D eigenvalue weighted by molar-refractivity contribution is 0.0762. The second-order valence-corrected chi connectivity index (χ2v) is 7.68. The van der Waals surface area contributed by atoms with Crippen LogP contribution in [0.15, 0.2) is 48.8 Å². The molecule has 8 heteroatoms. The zero-order valence-corrected chi connectivity index (χ0v) is 16.7. The predicted octanol–water partition coefficient (Wildman–Crippen LogP) is 3.04. The van der Waals surface area contributed by atoms with Gasteiger partial charge in [-0.25, -0.2) is 4.98 Å². The number of anilines is 1. The van der Waals surface area contributed by atoms with E-state index in [4.69, 9.17) is 4.74 Å². The summed E-state index contributed by atoms with van der Waals surface area (Å²) in [6.45, 7) is 1.18. The van der Waals surface area contributed by atoms with E-state index in [1.165, 1.54) is 11.3 Å². The summed E-state index contributed by atoms with van der Waals surface area (Å²) in [6, 6.07) is 10.6. The van der Waals surface area contributed by atoms with E-state index in [2.05, 4.69) is 15.3 Å². The molecule has 4 rings (SSSR count). The highest BCUT2D eigenvalue weighted by molar-refractivity contribution is 7.13. The lowest BCUT2D eigenvalue weighted by atomic mass is 10.2. The molecule has 0 saturated heterocycles. The molecule has 0 aliphatic carbocycles. The summed E-state index contributed by atoms with van der Waals surface area (Å²) in [4.78, 5) is 36.6. The number of fused-ring (bicyclic) bond motifs is 1. The van der Waals surface area contributed by atoms with Gasteiger partial charge in [-0.05, 0) is 36.4 Å². The summed E-state index contributed by atoms with van der Waals surface area (Å²) < 4.78 is 5.15. The van der Waals surface area contributed by atoms with Crippen molar-refractivity contribution in [2.24, 2.45) is 0 Å². The quantitative estimate of drug-likeness (QED) is 0.717. The molecule has 3 heterocycles. The van der Waals surface area contributed by atoms with Gasteiger partial charge in [0, 0.05) is 54.5 Å². The van der Waals surface area contributed by atoms with Gasteiger partial charge in [0.05, 0.1) is 12.8 Å². The Balaban J connectivity index is 1.42. The molecule has 0 spiro atoms. The molecule has 0 bridgehead atoms. The van der Waals surface area contributed by atoms with Crippen molar-refractivity contribution in [1.29, 1.82) is 0 Å². The van der Waals surface area contributed by atoms with Crippen LogP contribution in [0.5, 0.6) is 5.75 Å². The van der Waals surface area contributed by atoms with Gasteiger partial charge in [-0.15, -0.1) is 11.3 Å². The third kappa shape index (κ3) is 4.27. The second-order valence-electron chi connectivity index (χ2n) is 6.60. The van der Waals surface area contributed by atoms with E-state index < -0.39 is 0 Å². The molecule has 3 aromatic rings. The number of nitrogens with one attached hydrogen (secondary N) is 1. The standard InChI is InChI=1S/C21H20N4O3S/c1-28-16-4-2-14(3-5-16)21(27)25-12-8-17-18(9-13-25)29-20(24-17)19(26)23-15-6-10-22-11-7-15/h2-7,10-11H,8-9,12-13H2,1H3,(H,22,23,26). The molecule has 29 heavy (non-hydrogen) atoms. The number of benzene rings is 1. The van der Waals surface area contributed by atoms with Crippen molar-refractivity contribution in [3.63, 3.8) is 0 Å². The summed E-state index contributed by atoms with van der Waals surface area (Å²) in [5.74, 6) is 0.500. The lowest BCUT2D eigenvalue weighted by Crippen LogP contribution is -2.33. The number of rotatable bonds is 4. The van der Waals surface area contributed by atoms with Crippen molar-refractivity contribution in [1.82, 2.24) is 14.9 Å². The molecule has 148 valence electrons. The van der Waals surface area contributed by atoms with Crippen molar-refractivity contribution < 1.29 is 14.3 Å². The fourth-order valence-electron chi connectivity index (χ4n) is 3.20. The van der Waals surface area contributed by atoms with E-state index in [0.717, 1.165) is 16.3 Å². The number of aromatic nitrogens is 2. The molecule has 2 amide bonds. The van der Waals surface area contributed by atoms with Crippen LogP contribution in [0.1, 0.15) is 30.7 Å². The first-order valence-electron chi connectivity index (χ1n) is 9.27. The van der Waals surface area contributed by atoms with Crippen LogP contribution < -0.4 is 10.1 Å². The zero-order valence-electron chi connectivity index (χ0n) is 15.9. The largest absolute Gasteiger partial charge is 0.497 e. The van der Waals surface area contributed by atoms with Gasteiger partial charge in [-0.1, -0.05) is 0 Å². The number of ether oxygens (including phenoxy) is 1. The van der Waals surface area contributed by atoms with Crippen molar-refractivity contribution in [3.8, 4) is 5.75 Å². The number of hydrogen-bond donors (Lipinski definition) is 1. The van der Waals surface area contributed by atoms with Crippen LogP contribution in [-0.4, -0.2) is 46.9 Å². The molecule has 0 fully saturated rings. The van der Waals surface area contributed by atoms with E-state index in [1.807, 2.05) is 4.90 Å². The van der Waals surface area contributed by atoms with Crippen LogP contribution in [0, 0.1) is 0 Å². The van der Waals surface area contributed by atoms with E-state index >= 15 is 0 Å². The third-order valence-electron chi connectivity index (χ3n) is 4.76. The lowest BCUT2D eigenvalue weighted by Gasteiger charge is -2.20. The molecule has 0 unspecified atom stereocenters. The minimum atomic E-state index is -0.222. The Bertz CT molecular complexity index is 993. The Labute approximate surface area is 172 Å². The maximum absolute atomic E-state index is 12.8. The number of pyridine rings is 1. The zero-order chi connectivity index (χ0) is 20.2. The Morgan fingerprint density at radius 1 is 1.07 bits per heavy atom. The van der Waals surface area contributed by atoms with Crippen LogP contribution in [0.2, 0.25) is 0 Å². The van der Waals surface area contributed by atoms with Crippen molar-refractivity contribution in [3.05, 3.63) is 69.9 Å². The molecule has 7 nitrogen and oxygen atoms in total. The molecule has 1 N–H and O–H groups in total. The van der Waals surface area contributed by atoms with Crippen LogP contribution in [0.25, 0.3) is 0 Å². The second kappa shape index (κ2) is 8.40. The summed E-state index contributed by atoms with van der Waals surface area (Å²) in [5, 5.41) is 3.28. The molecular formula is C21H20N4O3S. The molecule has 0 atom stereocenters. The first-order valence-corrected chi connectivity index (χ1v) is 10.1. The van der Waals surface area contributed by atoms with E-state index in [9.17, 15) is 9.59 Å². The molecule has 1 aliphatic rings. The number of nitrogens with zero attached hydrogens (tertiary/aromatic N) is 3. The van der Waals surface area contributed by atoms with Crippen molar-refractivity contribution in [2.75, 3.05) is 25.5 Å². The number of thiazole rings is 1. The summed E-state index contributed by atoms with van der Waals surface area (Å²) >= 11 is 1.40. The van der Waals surface area contributed by atoms with Gasteiger partial charge in [0.2, 0.25) is 0 Å². The van der Waals surface area contributed by atoms with E-state index in [-0.39, 0.29) is 11.8 Å². The fraction of sp³-hybridized carbons (Fsp3) is 0.238. The Hall–Kier alpha value is -3.26. The molecule has 0 radical (unpaired) electrons. The number of carbonyl (C=O) groups excluding carboxylic acids is 2. The first kappa shape index (κ1) is 19.1. The maximum atomic E-state index is 12.8. The summed E-state index contributed by atoms with van der Waals surface area (Å²) in [5.41, 5.74) is 2.23. The van der Waals surface area contributed by atoms with Gasteiger partial charge in [-0.2, -0.15) is 0 Å². The number of carbonyl (C=O) groups is 2. The minimum absolute atomic E-state index is 0.00143. The average molecular weight is 408 g/mol. The SMILES string of the molecule is COc1ccc(C(=O)N2CCc3nc(C(=O)Nc4ccncc4)sc3CC2)cc1. The van der Waals surface area contributed by atoms with Gasteiger partial charge < -0.3 is 15.0 Å². The van der Waals surface area contributed by atoms with Gasteiger partial charge in [0.15, 0.2) is 5.01 Å². The van der Waals surface area contributed by atoms with Crippen LogP contribution in [0.4, 0.5) is 5.69 Å². The Kier molecular flexibility index (Phi) is 5.53. The number of methoxy groups -OCH3 is 1. The normalized spacial score (nSPS) is 13.3. The first-order chi connectivity index (χ1) is 14.1. The molecule has 1 aliphatic heterocycles. The summed E-state index contributed by atoms with van der Waals surface area (Å²) in [7, 11) is 1.60. The molecular weight excluding hydrogens is 388 g/mol. The Morgan fingerprint density at radius 2 is 1.79 bits per heavy atom. The molecule has 0 saturated carbocycles. The van der Waals surface area contributed by atoms with Gasteiger partial charge in [-0.3, -0.25) is 14.6 Å². The van der Waals surface area contributed by atoms with Crippen LogP contribution in [0.3, 0.4) is 0 Å². The Morgan fingerprint density at radius 3 is 2.52 bits per heavy atom. The van der Waals surface area contributed by atoms with Crippen molar-refractivity contribution >= 4 is 28.8 Å². The van der Waals surface area contributed by atoms with Gasteiger partial charge in [0.25, 0.3) is 11.8 Å². The minimum Gasteiger partial charge on any atom is -0.497 e. The highest BCUT2D eigenvalue weighted by Gasteiger charge is 2.24. The smallest absolute Gasteiger partial charge is 0.284 e. The van der Waals surface area contributed by atoms with Crippen molar-refractivity contribution in [2.45, 2.75) is 12.8 Å². The van der Waals surface area contributed by atoms with Crippen LogP contribution in [-0.2, 0) is 12.8 Å². The maximum Gasteiger partial charge on any atom is 0.284 e. The molecule has 1 aromatic carbocycles. The van der Waals surface area contributed by atoms with Gasteiger partial charge >= 0.3 is 0 Å². The summed E-state index contributed by atoms with van der Waals surface area (Å²) in [6.07, 6.45) is 4.58. The van der Waals surface area contributed by atoms with E-state index in [0.29, 0.717) is 42.2 Å². The monoisotopic (exact) mass is 408 g/mol. The van der Waals surface area contributed by atoms with Gasteiger partial charge in [0.1, 0.15) is 5.75 Å². The molecule has 2 aromatic heterocycles. The van der Waals surface area contributed by atoms with E-state index in [1.54, 1.807) is 55.9 Å². The highest BCUT2D eigenvalue weighted by atomic mass is 32.1. The van der Waals surface area contributed by atoms with Crippen LogP contribution >= 0.6 is 11.3 Å². The third-order valence-corrected chi connectivity index (χ3v) is 5.92.